The molecule has 1 amide bonds. The maximum Gasteiger partial charge on any atom is 0.304 e. The summed E-state index contributed by atoms with van der Waals surface area (Å²) in [5, 5.41) is 10.4. The van der Waals surface area contributed by atoms with Gasteiger partial charge in [0.1, 0.15) is 6.17 Å². The molecule has 3 saturated carbocycles. The van der Waals surface area contributed by atoms with Crippen LogP contribution in [-0.4, -0.2) is 71.1 Å². The van der Waals surface area contributed by atoms with Crippen molar-refractivity contribution in [2.45, 2.75) is 66.4 Å². The summed E-state index contributed by atoms with van der Waals surface area (Å²) in [6.45, 7) is -0.521. The van der Waals surface area contributed by atoms with Crippen LogP contribution in [0.15, 0.2) is 18.5 Å². The van der Waals surface area contributed by atoms with Crippen molar-refractivity contribution in [3.63, 3.8) is 0 Å². The van der Waals surface area contributed by atoms with E-state index in [9.17, 15) is 26.7 Å². The third kappa shape index (κ3) is 3.64. The molecule has 32 heavy (non-hydrogen) atoms. The summed E-state index contributed by atoms with van der Waals surface area (Å²) < 4.78 is 69.3. The second kappa shape index (κ2) is 7.76. The van der Waals surface area contributed by atoms with Crippen molar-refractivity contribution < 1.29 is 31.1 Å². The van der Waals surface area contributed by atoms with Crippen LogP contribution in [0.3, 0.4) is 0 Å². The second-order valence-electron chi connectivity index (χ2n) is 9.30. The molecule has 0 bridgehead atoms. The van der Waals surface area contributed by atoms with Crippen LogP contribution < -0.4 is 4.72 Å². The zero-order chi connectivity index (χ0) is 23.0. The first kappa shape index (κ1) is 22.8. The van der Waals surface area contributed by atoms with Crippen molar-refractivity contribution in [1.29, 1.82) is 0 Å². The molecule has 4 fully saturated rings. The van der Waals surface area contributed by atoms with E-state index in [1.54, 1.807) is 12.3 Å². The van der Waals surface area contributed by atoms with Crippen LogP contribution in [0.4, 0.5) is 4.39 Å². The minimum Gasteiger partial charge on any atom is -0.390 e. The Bertz CT molecular complexity index is 1140. The lowest BCUT2D eigenvalue weighted by molar-refractivity contribution is -0.119. The van der Waals surface area contributed by atoms with Gasteiger partial charge in [0.25, 0.3) is 0 Å². The topological polar surface area (TPSA) is 126 Å². The molecule has 13 heteroatoms. The molecule has 0 radical (unpaired) electrons. The number of fused-ring (bicyclic) bond motifs is 1. The van der Waals surface area contributed by atoms with Crippen molar-refractivity contribution in [3.8, 4) is 0 Å². The Hall–Kier alpha value is -1.02. The van der Waals surface area contributed by atoms with Crippen LogP contribution >= 0.6 is 15.9 Å². The zero-order valence-corrected chi connectivity index (χ0v) is 20.3. The molecule has 1 aromatic heterocycles. The highest BCUT2D eigenvalue weighted by molar-refractivity contribution is 9.09. The summed E-state index contributed by atoms with van der Waals surface area (Å²) in [7, 11) is -7.58. The van der Waals surface area contributed by atoms with Gasteiger partial charge in [-0.2, -0.15) is 12.7 Å². The Kier molecular flexibility index (Phi) is 5.51. The number of aromatic nitrogens is 1. The fraction of sp³-hybridized carbons (Fsp3) is 0.737. The molecule has 7 atom stereocenters. The Morgan fingerprint density at radius 1 is 1.19 bits per heavy atom. The van der Waals surface area contributed by atoms with E-state index in [1.807, 2.05) is 4.72 Å². The van der Waals surface area contributed by atoms with Crippen LogP contribution in [0.1, 0.15) is 43.6 Å². The van der Waals surface area contributed by atoms with Crippen molar-refractivity contribution in [3.05, 3.63) is 24.0 Å². The first-order valence-electron chi connectivity index (χ1n) is 10.7. The SMILES string of the molecule is O=C1CN(C2C(O)C(Br)C3CCC(c4ccn(S(=O)(=O)C5CC5)c4)CC3C2F)S(=O)(=O)N1. The van der Waals surface area contributed by atoms with Crippen molar-refractivity contribution in [2.75, 3.05) is 6.54 Å². The Morgan fingerprint density at radius 3 is 2.53 bits per heavy atom. The molecular formula is C19H25BrFN3O6S2. The van der Waals surface area contributed by atoms with E-state index in [2.05, 4.69) is 15.9 Å². The third-order valence-electron chi connectivity index (χ3n) is 7.36. The monoisotopic (exact) mass is 553 g/mol. The number of nitrogens with one attached hydrogen (secondary N) is 1. The number of amides is 1. The van der Waals surface area contributed by atoms with E-state index in [-0.39, 0.29) is 17.1 Å². The molecule has 2 N–H and O–H groups in total. The van der Waals surface area contributed by atoms with E-state index >= 15 is 4.39 Å². The number of nitrogens with zero attached hydrogens (tertiary/aromatic N) is 2. The molecule has 1 aliphatic heterocycles. The summed E-state index contributed by atoms with van der Waals surface area (Å²) in [6.07, 6.45) is 3.25. The predicted octanol–water partition coefficient (Wildman–Crippen LogP) is 0.850. The summed E-state index contributed by atoms with van der Waals surface area (Å²) >= 11 is 3.47. The van der Waals surface area contributed by atoms with Gasteiger partial charge in [0.05, 0.1) is 23.9 Å². The number of carbonyl (C=O) groups excluding carboxylic acids is 1. The summed E-state index contributed by atoms with van der Waals surface area (Å²) in [6, 6.07) is 0.384. The fourth-order valence-corrected chi connectivity index (χ4v) is 9.43. The number of alkyl halides is 2. The van der Waals surface area contributed by atoms with Gasteiger partial charge >= 0.3 is 10.2 Å². The van der Waals surface area contributed by atoms with Crippen LogP contribution in [0, 0.1) is 11.8 Å². The van der Waals surface area contributed by atoms with Crippen molar-refractivity contribution in [1.82, 2.24) is 13.0 Å². The molecular weight excluding hydrogens is 529 g/mol. The van der Waals surface area contributed by atoms with Gasteiger partial charge in [-0.1, -0.05) is 15.9 Å². The molecule has 4 aliphatic rings. The average Bonchev–Trinajstić information content (AvgIpc) is 3.41. The lowest BCUT2D eigenvalue weighted by Gasteiger charge is -2.50. The largest absolute Gasteiger partial charge is 0.390 e. The molecule has 3 aliphatic carbocycles. The number of aliphatic hydroxyl groups excluding tert-OH is 1. The molecule has 0 aromatic carbocycles. The third-order valence-corrected chi connectivity index (χ3v) is 12.2. The number of halogens is 2. The molecule has 1 saturated heterocycles. The summed E-state index contributed by atoms with van der Waals surface area (Å²) in [5.41, 5.74) is 0.819. The van der Waals surface area contributed by atoms with Gasteiger partial charge in [-0.15, -0.1) is 0 Å². The van der Waals surface area contributed by atoms with Gasteiger partial charge in [-0.25, -0.2) is 17.5 Å². The maximum absolute atomic E-state index is 15.8. The van der Waals surface area contributed by atoms with E-state index in [0.29, 0.717) is 32.1 Å². The smallest absolute Gasteiger partial charge is 0.304 e. The highest BCUT2D eigenvalue weighted by Gasteiger charge is 2.57. The van der Waals surface area contributed by atoms with Gasteiger partial charge in [-0.3, -0.25) is 8.77 Å². The van der Waals surface area contributed by atoms with E-state index in [4.69, 9.17) is 0 Å². The summed E-state index contributed by atoms with van der Waals surface area (Å²) in [4.78, 5) is 11.1. The van der Waals surface area contributed by atoms with Crippen LogP contribution in [0.5, 0.6) is 0 Å². The first-order chi connectivity index (χ1) is 15.0. The molecule has 2 heterocycles. The number of hydrogen-bond donors (Lipinski definition) is 2. The van der Waals surface area contributed by atoms with Crippen LogP contribution in [0.25, 0.3) is 0 Å². The zero-order valence-electron chi connectivity index (χ0n) is 17.0. The van der Waals surface area contributed by atoms with Crippen LogP contribution in [-0.2, 0) is 25.0 Å². The molecule has 178 valence electrons. The molecule has 9 nitrogen and oxygen atoms in total. The van der Waals surface area contributed by atoms with Gasteiger partial charge in [0.15, 0.2) is 0 Å². The lowest BCUT2D eigenvalue weighted by atomic mass is 9.63. The van der Waals surface area contributed by atoms with Crippen molar-refractivity contribution in [2.24, 2.45) is 11.8 Å². The number of carbonyl (C=O) groups is 1. The molecule has 0 spiro atoms. The average molecular weight is 554 g/mol. The van der Waals surface area contributed by atoms with Gasteiger partial charge in [0.2, 0.25) is 15.9 Å². The summed E-state index contributed by atoms with van der Waals surface area (Å²) in [5.74, 6) is -1.56. The number of rotatable bonds is 4. The van der Waals surface area contributed by atoms with Crippen LogP contribution in [0.2, 0.25) is 0 Å². The van der Waals surface area contributed by atoms with Gasteiger partial charge in [0, 0.05) is 17.2 Å². The van der Waals surface area contributed by atoms with Crippen molar-refractivity contribution >= 4 is 42.1 Å². The highest BCUT2D eigenvalue weighted by atomic mass is 79.9. The van der Waals surface area contributed by atoms with E-state index < -0.39 is 61.7 Å². The minimum atomic E-state index is -4.20. The molecule has 5 rings (SSSR count). The molecule has 7 unspecified atom stereocenters. The number of hydrogen-bond acceptors (Lipinski definition) is 6. The minimum absolute atomic E-state index is 0.0734. The highest BCUT2D eigenvalue weighted by Crippen LogP contribution is 2.50. The quantitative estimate of drug-likeness (QED) is 0.532. The lowest BCUT2D eigenvalue weighted by Crippen LogP contribution is -2.62. The van der Waals surface area contributed by atoms with E-state index in [0.717, 1.165) is 9.87 Å². The Morgan fingerprint density at radius 2 is 1.91 bits per heavy atom. The fourth-order valence-electron chi connectivity index (χ4n) is 5.56. The van der Waals surface area contributed by atoms with E-state index in [1.165, 1.54) is 10.2 Å². The standard InChI is InChI=1S/C19H25BrFN3O6S2/c20-16-13-4-1-10(11-5-6-23(8-11)31(27,28)12-2-3-12)7-14(13)17(21)18(19(16)26)24-9-15(25)22-32(24,29)30/h5-6,8,10,12-14,16-19,26H,1-4,7,9H2,(H,22,25). The second-order valence-corrected chi connectivity index (χ2v) is 14.1. The van der Waals surface area contributed by atoms with Gasteiger partial charge < -0.3 is 5.11 Å². The first-order valence-corrected chi connectivity index (χ1v) is 14.6. The predicted molar refractivity (Wildman–Crippen MR) is 117 cm³/mol. The number of aliphatic hydroxyl groups is 1. The Balaban J connectivity index is 1.39. The Labute approximate surface area is 194 Å². The van der Waals surface area contributed by atoms with Gasteiger partial charge in [-0.05, 0) is 61.5 Å². The normalized spacial score (nSPS) is 40.1. The maximum atomic E-state index is 15.8. The molecule has 1 aromatic rings.